The van der Waals surface area contributed by atoms with Crippen LogP contribution in [0.25, 0.3) is 0 Å². The fourth-order valence-corrected chi connectivity index (χ4v) is 2.64. The van der Waals surface area contributed by atoms with Crippen molar-refractivity contribution in [3.05, 3.63) is 24.3 Å². The maximum absolute atomic E-state index is 11.3. The molecule has 104 valence electrons. The molecule has 0 bridgehead atoms. The molecule has 19 heavy (non-hydrogen) atoms. The molecule has 0 aromatic heterocycles. The molecular formula is C16H24N2O. The Morgan fingerprint density at radius 3 is 2.42 bits per heavy atom. The van der Waals surface area contributed by atoms with Gasteiger partial charge in [0.2, 0.25) is 5.91 Å². The summed E-state index contributed by atoms with van der Waals surface area (Å²) in [5.74, 6) is 0.801. The monoisotopic (exact) mass is 260 g/mol. The molecule has 1 aliphatic rings. The van der Waals surface area contributed by atoms with E-state index in [1.807, 2.05) is 31.2 Å². The lowest BCUT2D eigenvalue weighted by Gasteiger charge is -2.30. The molecule has 0 heterocycles. The van der Waals surface area contributed by atoms with E-state index in [-0.39, 0.29) is 5.91 Å². The summed E-state index contributed by atoms with van der Waals surface area (Å²) in [7, 11) is 0. The van der Waals surface area contributed by atoms with Gasteiger partial charge in [-0.05, 0) is 43.0 Å². The third-order valence-corrected chi connectivity index (χ3v) is 3.95. The minimum atomic E-state index is 0.0570. The smallest absolute Gasteiger partial charge is 0.224 e. The minimum Gasteiger partial charge on any atom is -0.382 e. The van der Waals surface area contributed by atoms with Crippen LogP contribution in [0.3, 0.4) is 0 Å². The quantitative estimate of drug-likeness (QED) is 0.858. The van der Waals surface area contributed by atoms with Gasteiger partial charge in [-0.3, -0.25) is 4.79 Å². The van der Waals surface area contributed by atoms with Gasteiger partial charge in [0.25, 0.3) is 0 Å². The summed E-state index contributed by atoms with van der Waals surface area (Å²) >= 11 is 0. The summed E-state index contributed by atoms with van der Waals surface area (Å²) in [5.41, 5.74) is 2.02. The topological polar surface area (TPSA) is 41.1 Å². The second kappa shape index (κ2) is 6.60. The van der Waals surface area contributed by atoms with E-state index in [0.29, 0.717) is 12.5 Å². The number of carbonyl (C=O) groups excluding carboxylic acids is 1. The average Bonchev–Trinajstić information content (AvgIpc) is 2.43. The number of nitrogens with one attached hydrogen (secondary N) is 2. The molecule has 1 aromatic rings. The van der Waals surface area contributed by atoms with Gasteiger partial charge in [-0.25, -0.2) is 0 Å². The predicted octanol–water partition coefficient (Wildman–Crippen LogP) is 4.03. The molecule has 1 fully saturated rings. The first-order valence-electron chi connectivity index (χ1n) is 7.35. The largest absolute Gasteiger partial charge is 0.382 e. The maximum Gasteiger partial charge on any atom is 0.224 e. The zero-order valence-corrected chi connectivity index (χ0v) is 11.9. The summed E-state index contributed by atoms with van der Waals surface area (Å²) in [6, 6.07) is 8.61. The summed E-state index contributed by atoms with van der Waals surface area (Å²) in [5, 5.41) is 6.48. The molecule has 0 aliphatic heterocycles. The van der Waals surface area contributed by atoms with Crippen LogP contribution < -0.4 is 10.6 Å². The fourth-order valence-electron chi connectivity index (χ4n) is 2.64. The minimum absolute atomic E-state index is 0.0570. The van der Waals surface area contributed by atoms with Crippen LogP contribution in [0, 0.1) is 5.92 Å². The number of benzene rings is 1. The highest BCUT2D eigenvalue weighted by atomic mass is 16.1. The van der Waals surface area contributed by atoms with E-state index < -0.39 is 0 Å². The van der Waals surface area contributed by atoms with Gasteiger partial charge in [-0.1, -0.05) is 26.7 Å². The van der Waals surface area contributed by atoms with Crippen molar-refractivity contribution in [2.75, 3.05) is 10.6 Å². The molecule has 1 aromatic carbocycles. The molecule has 3 heteroatoms. The third-order valence-electron chi connectivity index (χ3n) is 3.95. The molecule has 1 amide bonds. The zero-order chi connectivity index (χ0) is 13.7. The van der Waals surface area contributed by atoms with Crippen molar-refractivity contribution in [2.45, 2.75) is 52.0 Å². The Labute approximate surface area is 115 Å². The van der Waals surface area contributed by atoms with Gasteiger partial charge in [-0.2, -0.15) is 0 Å². The van der Waals surface area contributed by atoms with Crippen LogP contribution in [0.2, 0.25) is 0 Å². The van der Waals surface area contributed by atoms with Gasteiger partial charge in [-0.15, -0.1) is 0 Å². The summed E-state index contributed by atoms with van der Waals surface area (Å²) in [6.45, 7) is 4.18. The number of hydrogen-bond donors (Lipinski definition) is 2. The van der Waals surface area contributed by atoms with E-state index in [1.165, 1.54) is 25.7 Å². The number of rotatable bonds is 4. The van der Waals surface area contributed by atoms with Gasteiger partial charge < -0.3 is 10.6 Å². The van der Waals surface area contributed by atoms with Gasteiger partial charge in [0.1, 0.15) is 0 Å². The summed E-state index contributed by atoms with van der Waals surface area (Å²) < 4.78 is 0. The first-order chi connectivity index (χ1) is 9.19. The van der Waals surface area contributed by atoms with Crippen LogP contribution in [0.4, 0.5) is 11.4 Å². The first-order valence-corrected chi connectivity index (χ1v) is 7.35. The van der Waals surface area contributed by atoms with E-state index in [9.17, 15) is 4.79 Å². The van der Waals surface area contributed by atoms with Crippen molar-refractivity contribution in [2.24, 2.45) is 5.92 Å². The molecule has 0 saturated heterocycles. The SMILES string of the molecule is CCC(=O)Nc1ccc(NC2CCCCC2C)cc1. The second-order valence-electron chi connectivity index (χ2n) is 5.49. The van der Waals surface area contributed by atoms with Gasteiger partial charge in [0.15, 0.2) is 0 Å². The Kier molecular flexibility index (Phi) is 4.83. The molecule has 0 radical (unpaired) electrons. The Morgan fingerprint density at radius 1 is 1.16 bits per heavy atom. The lowest BCUT2D eigenvalue weighted by atomic mass is 9.86. The van der Waals surface area contributed by atoms with Crippen LogP contribution in [-0.4, -0.2) is 11.9 Å². The fraction of sp³-hybridized carbons (Fsp3) is 0.562. The Balaban J connectivity index is 1.92. The number of hydrogen-bond acceptors (Lipinski definition) is 2. The van der Waals surface area contributed by atoms with Crippen LogP contribution >= 0.6 is 0 Å². The van der Waals surface area contributed by atoms with Gasteiger partial charge in [0.05, 0.1) is 0 Å². The molecule has 3 nitrogen and oxygen atoms in total. The lowest BCUT2D eigenvalue weighted by molar-refractivity contribution is -0.115. The molecule has 2 atom stereocenters. The van der Waals surface area contributed by atoms with Crippen molar-refractivity contribution in [3.8, 4) is 0 Å². The predicted molar refractivity (Wildman–Crippen MR) is 80.4 cm³/mol. The molecule has 1 aliphatic carbocycles. The van der Waals surface area contributed by atoms with Crippen molar-refractivity contribution in [1.29, 1.82) is 0 Å². The number of amides is 1. The van der Waals surface area contributed by atoms with E-state index >= 15 is 0 Å². The van der Waals surface area contributed by atoms with Gasteiger partial charge >= 0.3 is 0 Å². The third kappa shape index (κ3) is 3.98. The zero-order valence-electron chi connectivity index (χ0n) is 11.9. The van der Waals surface area contributed by atoms with Crippen LogP contribution in [-0.2, 0) is 4.79 Å². The number of carbonyl (C=O) groups is 1. The van der Waals surface area contributed by atoms with Crippen LogP contribution in [0.5, 0.6) is 0 Å². The highest BCUT2D eigenvalue weighted by Gasteiger charge is 2.20. The highest BCUT2D eigenvalue weighted by Crippen LogP contribution is 2.27. The normalized spacial score (nSPS) is 22.8. The van der Waals surface area contributed by atoms with Crippen molar-refractivity contribution in [1.82, 2.24) is 0 Å². The van der Waals surface area contributed by atoms with Crippen molar-refractivity contribution in [3.63, 3.8) is 0 Å². The molecule has 2 unspecified atom stereocenters. The van der Waals surface area contributed by atoms with E-state index in [2.05, 4.69) is 17.6 Å². The number of anilines is 2. The first kappa shape index (κ1) is 13.9. The molecule has 1 saturated carbocycles. The van der Waals surface area contributed by atoms with Gasteiger partial charge in [0, 0.05) is 23.8 Å². The second-order valence-corrected chi connectivity index (χ2v) is 5.49. The van der Waals surface area contributed by atoms with Crippen molar-refractivity contribution >= 4 is 17.3 Å². The van der Waals surface area contributed by atoms with Crippen LogP contribution in [0.15, 0.2) is 24.3 Å². The van der Waals surface area contributed by atoms with E-state index in [0.717, 1.165) is 17.3 Å². The van der Waals surface area contributed by atoms with E-state index in [1.54, 1.807) is 0 Å². The highest BCUT2D eigenvalue weighted by molar-refractivity contribution is 5.90. The Hall–Kier alpha value is -1.51. The molecule has 0 spiro atoms. The van der Waals surface area contributed by atoms with Crippen molar-refractivity contribution < 1.29 is 4.79 Å². The Morgan fingerprint density at radius 2 is 1.79 bits per heavy atom. The lowest BCUT2D eigenvalue weighted by Crippen LogP contribution is -2.30. The molecular weight excluding hydrogens is 236 g/mol. The Bertz CT molecular complexity index is 413. The summed E-state index contributed by atoms with van der Waals surface area (Å²) in [6.07, 6.45) is 5.78. The average molecular weight is 260 g/mol. The summed E-state index contributed by atoms with van der Waals surface area (Å²) in [4.78, 5) is 11.3. The van der Waals surface area contributed by atoms with E-state index in [4.69, 9.17) is 0 Å². The maximum atomic E-state index is 11.3. The molecule has 2 N–H and O–H groups in total. The van der Waals surface area contributed by atoms with Crippen LogP contribution in [0.1, 0.15) is 46.0 Å². The standard InChI is InChI=1S/C16H24N2O/c1-3-16(19)18-14-10-8-13(9-11-14)17-15-7-5-4-6-12(15)2/h8-12,15,17H,3-7H2,1-2H3,(H,18,19). The molecule has 2 rings (SSSR count).